The maximum Gasteiger partial charge on any atom is 0.451 e. The average Bonchev–Trinajstić information content (AvgIpc) is 2.27. The molecule has 0 saturated heterocycles. The Morgan fingerprint density at radius 2 is 2.00 bits per heavy atom. The molecule has 0 bridgehead atoms. The molecule has 0 atom stereocenters. The van der Waals surface area contributed by atoms with E-state index in [0.717, 1.165) is 0 Å². The number of rotatable bonds is 5. The number of nitrogens with two attached hydrogens (primary N) is 1. The van der Waals surface area contributed by atoms with Gasteiger partial charge >= 0.3 is 6.18 Å². The van der Waals surface area contributed by atoms with E-state index in [9.17, 15) is 18.0 Å². The summed E-state index contributed by atoms with van der Waals surface area (Å²) in [6.45, 7) is 0.104. The zero-order valence-electron chi connectivity index (χ0n) is 9.51. The van der Waals surface area contributed by atoms with Crippen LogP contribution in [0.3, 0.4) is 0 Å². The molecule has 1 amide bonds. The first kappa shape index (κ1) is 14.0. The zero-order valence-corrected chi connectivity index (χ0v) is 9.51. The van der Waals surface area contributed by atoms with Gasteiger partial charge in [0.15, 0.2) is 0 Å². The third-order valence-electron chi connectivity index (χ3n) is 1.91. The maximum absolute atomic E-state index is 12.5. The summed E-state index contributed by atoms with van der Waals surface area (Å²) >= 11 is 0. The van der Waals surface area contributed by atoms with Crippen LogP contribution in [-0.4, -0.2) is 29.5 Å². The zero-order chi connectivity index (χ0) is 13.8. The van der Waals surface area contributed by atoms with Gasteiger partial charge in [0, 0.05) is 26.1 Å². The lowest BCUT2D eigenvalue weighted by Gasteiger charge is -2.10. The van der Waals surface area contributed by atoms with Gasteiger partial charge in [-0.25, -0.2) is 9.97 Å². The first-order valence-electron chi connectivity index (χ1n) is 4.99. The van der Waals surface area contributed by atoms with Gasteiger partial charge in [-0.2, -0.15) is 13.2 Å². The van der Waals surface area contributed by atoms with Gasteiger partial charge in [0.05, 0.1) is 0 Å². The molecule has 0 aliphatic heterocycles. The number of hydrogen-bond acceptors (Lipinski definition) is 5. The highest BCUT2D eigenvalue weighted by molar-refractivity contribution is 5.74. The molecule has 0 unspecified atom stereocenters. The van der Waals surface area contributed by atoms with Crippen LogP contribution in [0.1, 0.15) is 12.2 Å². The normalized spacial score (nSPS) is 11.1. The third kappa shape index (κ3) is 4.07. The highest BCUT2D eigenvalue weighted by Gasteiger charge is 2.35. The van der Waals surface area contributed by atoms with Crippen molar-refractivity contribution in [3.05, 3.63) is 11.9 Å². The van der Waals surface area contributed by atoms with Crippen LogP contribution >= 0.6 is 0 Å². The highest BCUT2D eigenvalue weighted by Crippen LogP contribution is 2.28. The molecule has 6 nitrogen and oxygen atoms in total. The summed E-state index contributed by atoms with van der Waals surface area (Å²) in [6, 6.07) is 1.30. The van der Waals surface area contributed by atoms with Crippen LogP contribution < -0.4 is 16.4 Å². The van der Waals surface area contributed by atoms with Crippen molar-refractivity contribution in [3.8, 4) is 0 Å². The van der Waals surface area contributed by atoms with Crippen molar-refractivity contribution in [3.63, 3.8) is 0 Å². The van der Waals surface area contributed by atoms with Gasteiger partial charge < -0.3 is 16.4 Å². The molecule has 100 valence electrons. The number of amides is 1. The molecule has 0 fully saturated rings. The second-order valence-electron chi connectivity index (χ2n) is 3.35. The van der Waals surface area contributed by atoms with E-state index in [1.165, 1.54) is 13.1 Å². The van der Waals surface area contributed by atoms with E-state index in [1.807, 2.05) is 0 Å². The lowest BCUT2D eigenvalue weighted by molar-refractivity contribution is -0.144. The highest BCUT2D eigenvalue weighted by atomic mass is 19.4. The third-order valence-corrected chi connectivity index (χ3v) is 1.91. The van der Waals surface area contributed by atoms with E-state index in [2.05, 4.69) is 20.6 Å². The lowest BCUT2D eigenvalue weighted by atomic mass is 10.4. The monoisotopic (exact) mass is 263 g/mol. The molecule has 0 saturated carbocycles. The van der Waals surface area contributed by atoms with E-state index in [0.29, 0.717) is 0 Å². The van der Waals surface area contributed by atoms with Crippen LogP contribution in [0.25, 0.3) is 0 Å². The number of aromatic nitrogens is 2. The molecular formula is C9H12F3N5O. The van der Waals surface area contributed by atoms with Crippen molar-refractivity contribution in [2.75, 3.05) is 24.2 Å². The molecule has 0 radical (unpaired) electrons. The molecule has 9 heteroatoms. The van der Waals surface area contributed by atoms with E-state index < -0.39 is 17.9 Å². The van der Waals surface area contributed by atoms with E-state index in [-0.39, 0.29) is 24.6 Å². The summed E-state index contributed by atoms with van der Waals surface area (Å²) < 4.78 is 37.4. The molecule has 1 aromatic rings. The fraction of sp³-hybridized carbons (Fsp3) is 0.444. The Bertz CT molecular complexity index is 435. The Kier molecular flexibility index (Phi) is 4.29. The smallest absolute Gasteiger partial charge is 0.373 e. The molecule has 1 rings (SSSR count). The van der Waals surface area contributed by atoms with Crippen LogP contribution in [0, 0.1) is 0 Å². The van der Waals surface area contributed by atoms with Gasteiger partial charge in [-0.05, 0) is 0 Å². The Hall–Kier alpha value is -2.06. The number of anilines is 2. The summed E-state index contributed by atoms with van der Waals surface area (Å²) in [4.78, 5) is 17.1. The molecule has 4 N–H and O–H groups in total. The van der Waals surface area contributed by atoms with Crippen LogP contribution in [0.2, 0.25) is 0 Å². The van der Waals surface area contributed by atoms with Crippen molar-refractivity contribution in [2.24, 2.45) is 5.73 Å². The summed E-state index contributed by atoms with van der Waals surface area (Å²) in [5.41, 5.74) is 4.91. The molecule has 0 spiro atoms. The van der Waals surface area contributed by atoms with Gasteiger partial charge in [-0.15, -0.1) is 0 Å². The Balaban J connectivity index is 2.87. The van der Waals surface area contributed by atoms with Crippen molar-refractivity contribution >= 4 is 17.5 Å². The molecule has 0 aromatic carbocycles. The second kappa shape index (κ2) is 5.52. The Labute approximate surface area is 101 Å². The number of alkyl halides is 3. The average molecular weight is 263 g/mol. The largest absolute Gasteiger partial charge is 0.451 e. The summed E-state index contributed by atoms with van der Waals surface area (Å²) in [5.74, 6) is -1.81. The van der Waals surface area contributed by atoms with Gasteiger partial charge in [0.25, 0.3) is 0 Å². The number of carbonyl (C=O) groups excluding carboxylic acids is 1. The van der Waals surface area contributed by atoms with Gasteiger partial charge in [-0.1, -0.05) is 0 Å². The predicted molar refractivity (Wildman–Crippen MR) is 58.9 cm³/mol. The first-order chi connectivity index (χ1) is 8.32. The predicted octanol–water partition coefficient (Wildman–Crippen LogP) is 0.824. The van der Waals surface area contributed by atoms with E-state index in [4.69, 9.17) is 5.73 Å². The number of hydrogen-bond donors (Lipinski definition) is 3. The Morgan fingerprint density at radius 3 is 2.50 bits per heavy atom. The van der Waals surface area contributed by atoms with Crippen LogP contribution in [-0.2, 0) is 11.0 Å². The molecule has 0 aliphatic carbocycles. The standard InChI is InChI=1S/C9H12F3N5O/c1-14-6-4-7(15-3-2-5(13)18)17-8(16-6)9(10,11)12/h4H,2-3H2,1H3,(H2,13,18)(H2,14,15,16,17). The summed E-state index contributed by atoms with van der Waals surface area (Å²) in [6.07, 6.45) is -4.63. The number of halogens is 3. The van der Waals surface area contributed by atoms with Crippen molar-refractivity contribution in [2.45, 2.75) is 12.6 Å². The van der Waals surface area contributed by atoms with E-state index in [1.54, 1.807) is 0 Å². The minimum absolute atomic E-state index is 0.000239. The van der Waals surface area contributed by atoms with E-state index >= 15 is 0 Å². The molecular weight excluding hydrogens is 251 g/mol. The fourth-order valence-corrected chi connectivity index (χ4v) is 1.11. The lowest BCUT2D eigenvalue weighted by Crippen LogP contribution is -2.18. The SMILES string of the molecule is CNc1cc(NCCC(N)=O)nc(C(F)(F)F)n1. The quantitative estimate of drug-likeness (QED) is 0.731. The number of primary amides is 1. The topological polar surface area (TPSA) is 92.9 Å². The van der Waals surface area contributed by atoms with Gasteiger partial charge in [0.1, 0.15) is 11.6 Å². The molecule has 1 heterocycles. The minimum Gasteiger partial charge on any atom is -0.373 e. The van der Waals surface area contributed by atoms with Crippen LogP contribution in [0.4, 0.5) is 24.8 Å². The fourth-order valence-electron chi connectivity index (χ4n) is 1.11. The minimum atomic E-state index is -4.63. The maximum atomic E-state index is 12.5. The Morgan fingerprint density at radius 1 is 1.39 bits per heavy atom. The van der Waals surface area contributed by atoms with Gasteiger partial charge in [0.2, 0.25) is 11.7 Å². The number of nitrogens with one attached hydrogen (secondary N) is 2. The summed E-state index contributed by atoms with van der Waals surface area (Å²) in [5, 5.41) is 5.07. The molecule has 0 aliphatic rings. The van der Waals surface area contributed by atoms with Gasteiger partial charge in [-0.3, -0.25) is 4.79 Å². The molecule has 18 heavy (non-hydrogen) atoms. The van der Waals surface area contributed by atoms with Crippen molar-refractivity contribution in [1.29, 1.82) is 0 Å². The second-order valence-corrected chi connectivity index (χ2v) is 3.35. The van der Waals surface area contributed by atoms with Crippen molar-refractivity contribution < 1.29 is 18.0 Å². The van der Waals surface area contributed by atoms with Crippen molar-refractivity contribution in [1.82, 2.24) is 9.97 Å². The van der Waals surface area contributed by atoms with Crippen LogP contribution in [0.15, 0.2) is 6.07 Å². The summed E-state index contributed by atoms with van der Waals surface area (Å²) in [7, 11) is 1.44. The molecule has 1 aromatic heterocycles. The number of nitrogens with zero attached hydrogens (tertiary/aromatic N) is 2. The first-order valence-corrected chi connectivity index (χ1v) is 4.99. The number of carbonyl (C=O) groups is 1. The van der Waals surface area contributed by atoms with Crippen LogP contribution in [0.5, 0.6) is 0 Å².